The molecule has 1 amide bonds. The Morgan fingerprint density at radius 2 is 1.70 bits per heavy atom. The van der Waals surface area contributed by atoms with Gasteiger partial charge in [0.1, 0.15) is 5.82 Å². The van der Waals surface area contributed by atoms with Gasteiger partial charge in [-0.05, 0) is 56.3 Å². The van der Waals surface area contributed by atoms with Crippen molar-refractivity contribution in [1.29, 1.82) is 0 Å². The molecule has 116 valence electrons. The Bertz CT molecular complexity index is 908. The van der Waals surface area contributed by atoms with Gasteiger partial charge in [0.05, 0.1) is 11.0 Å². The van der Waals surface area contributed by atoms with Crippen LogP contribution in [0, 0.1) is 6.92 Å². The summed E-state index contributed by atoms with van der Waals surface area (Å²) in [6.45, 7) is 3.44. The van der Waals surface area contributed by atoms with Gasteiger partial charge in [-0.25, -0.2) is 4.98 Å². The summed E-state index contributed by atoms with van der Waals surface area (Å²) in [7, 11) is 1.95. The van der Waals surface area contributed by atoms with Gasteiger partial charge in [0.25, 0.3) is 5.91 Å². The van der Waals surface area contributed by atoms with Crippen LogP contribution in [-0.2, 0) is 7.05 Å². The second-order valence-electron chi connectivity index (χ2n) is 5.51. The van der Waals surface area contributed by atoms with E-state index in [2.05, 4.69) is 10.3 Å². The minimum absolute atomic E-state index is 0.00106. The normalized spacial score (nSPS) is 10.7. The fourth-order valence-corrected chi connectivity index (χ4v) is 2.45. The van der Waals surface area contributed by atoms with E-state index in [1.165, 1.54) is 6.92 Å². The van der Waals surface area contributed by atoms with Gasteiger partial charge in [-0.3, -0.25) is 9.59 Å². The molecule has 0 unspecified atom stereocenters. The molecule has 0 aliphatic heterocycles. The molecule has 1 heterocycles. The molecule has 5 heteroatoms. The molecule has 23 heavy (non-hydrogen) atoms. The zero-order valence-corrected chi connectivity index (χ0v) is 13.3. The molecule has 1 N–H and O–H groups in total. The van der Waals surface area contributed by atoms with Gasteiger partial charge in [0, 0.05) is 23.9 Å². The second kappa shape index (κ2) is 5.68. The average molecular weight is 307 g/mol. The first-order valence-corrected chi connectivity index (χ1v) is 7.31. The van der Waals surface area contributed by atoms with Crippen molar-refractivity contribution in [3.8, 4) is 0 Å². The minimum Gasteiger partial charge on any atom is -0.331 e. The van der Waals surface area contributed by atoms with E-state index in [1.54, 1.807) is 36.4 Å². The molecule has 3 aromatic rings. The summed E-state index contributed by atoms with van der Waals surface area (Å²) in [5.41, 5.74) is 3.60. The Hall–Kier alpha value is -2.95. The highest BCUT2D eigenvalue weighted by Gasteiger charge is 2.10. The second-order valence-corrected chi connectivity index (χ2v) is 5.51. The topological polar surface area (TPSA) is 64.0 Å². The highest BCUT2D eigenvalue weighted by atomic mass is 16.1. The number of Topliss-reactive ketones (excluding diaryl/α,β-unsaturated/α-hetero) is 1. The number of imidazole rings is 1. The summed E-state index contributed by atoms with van der Waals surface area (Å²) in [5, 5.41) is 2.83. The first-order chi connectivity index (χ1) is 11.0. The fourth-order valence-electron chi connectivity index (χ4n) is 2.45. The Balaban J connectivity index is 1.84. The molecule has 2 aromatic carbocycles. The number of fused-ring (bicyclic) bond motifs is 1. The monoisotopic (exact) mass is 307 g/mol. The number of hydrogen-bond acceptors (Lipinski definition) is 3. The molecule has 0 spiro atoms. The predicted molar refractivity (Wildman–Crippen MR) is 89.9 cm³/mol. The summed E-state index contributed by atoms with van der Waals surface area (Å²) >= 11 is 0. The van der Waals surface area contributed by atoms with E-state index in [4.69, 9.17) is 0 Å². The lowest BCUT2D eigenvalue weighted by molar-refractivity contribution is 0.101. The van der Waals surface area contributed by atoms with Crippen molar-refractivity contribution >= 4 is 28.4 Å². The number of rotatable bonds is 3. The lowest BCUT2D eigenvalue weighted by atomic mass is 10.1. The Morgan fingerprint density at radius 3 is 2.35 bits per heavy atom. The number of nitrogens with one attached hydrogen (secondary N) is 1. The van der Waals surface area contributed by atoms with Crippen molar-refractivity contribution in [2.24, 2.45) is 7.05 Å². The lowest BCUT2D eigenvalue weighted by Gasteiger charge is -2.06. The summed E-state index contributed by atoms with van der Waals surface area (Å²) in [6.07, 6.45) is 0. The zero-order chi connectivity index (χ0) is 16.6. The van der Waals surface area contributed by atoms with Crippen molar-refractivity contribution < 1.29 is 9.59 Å². The number of amides is 1. The number of benzene rings is 2. The Morgan fingerprint density at radius 1 is 1.04 bits per heavy atom. The highest BCUT2D eigenvalue weighted by Crippen LogP contribution is 2.18. The molecular weight excluding hydrogens is 290 g/mol. The first-order valence-electron chi connectivity index (χ1n) is 7.31. The van der Waals surface area contributed by atoms with Crippen molar-refractivity contribution in [1.82, 2.24) is 9.55 Å². The van der Waals surface area contributed by atoms with Crippen LogP contribution in [-0.4, -0.2) is 21.2 Å². The molecule has 1 aromatic heterocycles. The van der Waals surface area contributed by atoms with Crippen LogP contribution in [0.5, 0.6) is 0 Å². The molecule has 5 nitrogen and oxygen atoms in total. The SMILES string of the molecule is CC(=O)c1ccc(NC(=O)c2ccc3c(c2)nc(C)n3C)cc1. The quantitative estimate of drug-likeness (QED) is 0.755. The third-order valence-electron chi connectivity index (χ3n) is 3.92. The van der Waals surface area contributed by atoms with Crippen LogP contribution in [0.4, 0.5) is 5.69 Å². The van der Waals surface area contributed by atoms with Gasteiger partial charge in [0.15, 0.2) is 5.78 Å². The lowest BCUT2D eigenvalue weighted by Crippen LogP contribution is -2.11. The van der Waals surface area contributed by atoms with Crippen LogP contribution in [0.3, 0.4) is 0 Å². The number of ketones is 1. The van der Waals surface area contributed by atoms with Crippen molar-refractivity contribution in [3.63, 3.8) is 0 Å². The van der Waals surface area contributed by atoms with Crippen LogP contribution >= 0.6 is 0 Å². The highest BCUT2D eigenvalue weighted by molar-refractivity contribution is 6.06. The van der Waals surface area contributed by atoms with Crippen LogP contribution in [0.25, 0.3) is 11.0 Å². The molecule has 0 fully saturated rings. The molecule has 0 atom stereocenters. The maximum absolute atomic E-state index is 12.4. The molecule has 0 aliphatic carbocycles. The molecule has 0 bridgehead atoms. The number of aryl methyl sites for hydroxylation is 2. The van der Waals surface area contributed by atoms with Crippen molar-refractivity contribution in [2.75, 3.05) is 5.32 Å². The molecule has 0 saturated carbocycles. The van der Waals surface area contributed by atoms with Gasteiger partial charge in [-0.1, -0.05) is 0 Å². The maximum atomic E-state index is 12.4. The summed E-state index contributed by atoms with van der Waals surface area (Å²) in [4.78, 5) is 28.1. The van der Waals surface area contributed by atoms with Gasteiger partial charge >= 0.3 is 0 Å². The van der Waals surface area contributed by atoms with Gasteiger partial charge in [-0.2, -0.15) is 0 Å². The van der Waals surface area contributed by atoms with E-state index in [0.717, 1.165) is 16.9 Å². The first kappa shape index (κ1) is 15.0. The molecular formula is C18H17N3O2. The molecule has 0 aliphatic rings. The number of nitrogens with zero attached hydrogens (tertiary/aromatic N) is 2. The predicted octanol–water partition coefficient (Wildman–Crippen LogP) is 3.34. The zero-order valence-electron chi connectivity index (χ0n) is 13.3. The van der Waals surface area contributed by atoms with Crippen molar-refractivity contribution in [2.45, 2.75) is 13.8 Å². The fraction of sp³-hybridized carbons (Fsp3) is 0.167. The molecule has 3 rings (SSSR count). The van der Waals surface area contributed by atoms with E-state index in [1.807, 2.05) is 24.6 Å². The van der Waals surface area contributed by atoms with Crippen LogP contribution in [0.1, 0.15) is 33.5 Å². The number of anilines is 1. The standard InChI is InChI=1S/C18H17N3O2/c1-11(22)13-4-7-15(8-5-13)20-18(23)14-6-9-17-16(10-14)19-12(2)21(17)3/h4-10H,1-3H3,(H,20,23). The average Bonchev–Trinajstić information content (AvgIpc) is 2.82. The smallest absolute Gasteiger partial charge is 0.255 e. The Kier molecular flexibility index (Phi) is 3.70. The van der Waals surface area contributed by atoms with Crippen LogP contribution in [0.2, 0.25) is 0 Å². The third-order valence-corrected chi connectivity index (χ3v) is 3.92. The van der Waals surface area contributed by atoms with E-state index < -0.39 is 0 Å². The summed E-state index contributed by atoms with van der Waals surface area (Å²) in [5.74, 6) is 0.696. The summed E-state index contributed by atoms with van der Waals surface area (Å²) < 4.78 is 1.98. The molecule has 0 saturated heterocycles. The minimum atomic E-state index is -0.203. The largest absolute Gasteiger partial charge is 0.331 e. The number of aromatic nitrogens is 2. The van der Waals surface area contributed by atoms with Crippen molar-refractivity contribution in [3.05, 3.63) is 59.4 Å². The third kappa shape index (κ3) is 2.85. The van der Waals surface area contributed by atoms with Crippen LogP contribution in [0.15, 0.2) is 42.5 Å². The van der Waals surface area contributed by atoms with Gasteiger partial charge in [-0.15, -0.1) is 0 Å². The van der Waals surface area contributed by atoms with E-state index in [9.17, 15) is 9.59 Å². The number of hydrogen-bond donors (Lipinski definition) is 1. The van der Waals surface area contributed by atoms with E-state index >= 15 is 0 Å². The van der Waals surface area contributed by atoms with Gasteiger partial charge in [0.2, 0.25) is 0 Å². The molecule has 0 radical (unpaired) electrons. The maximum Gasteiger partial charge on any atom is 0.255 e. The van der Waals surface area contributed by atoms with Crippen LogP contribution < -0.4 is 5.32 Å². The van der Waals surface area contributed by atoms with Gasteiger partial charge < -0.3 is 9.88 Å². The Labute approximate surface area is 134 Å². The number of carbonyl (C=O) groups excluding carboxylic acids is 2. The number of carbonyl (C=O) groups is 2. The van der Waals surface area contributed by atoms with E-state index in [0.29, 0.717) is 16.8 Å². The summed E-state index contributed by atoms with van der Waals surface area (Å²) in [6, 6.07) is 12.3. The van der Waals surface area contributed by atoms with E-state index in [-0.39, 0.29) is 11.7 Å².